The average Bonchev–Trinajstić information content (AvgIpc) is 2.82. The molecule has 24 heavy (non-hydrogen) atoms. The Bertz CT molecular complexity index is 721. The molecule has 3 rings (SSSR count). The van der Waals surface area contributed by atoms with Crippen LogP contribution >= 0.6 is 0 Å². The van der Waals surface area contributed by atoms with Crippen LogP contribution in [0.5, 0.6) is 5.88 Å². The molecule has 0 bridgehead atoms. The second kappa shape index (κ2) is 6.68. The zero-order valence-electron chi connectivity index (χ0n) is 13.7. The van der Waals surface area contributed by atoms with Crippen LogP contribution in [0.2, 0.25) is 0 Å². The number of hydrogen-bond acceptors (Lipinski definition) is 6. The Balaban J connectivity index is 1.69. The van der Waals surface area contributed by atoms with Gasteiger partial charge in [-0.05, 0) is 38.3 Å². The Morgan fingerprint density at radius 2 is 2.38 bits per heavy atom. The zero-order valence-corrected chi connectivity index (χ0v) is 14.5. The van der Waals surface area contributed by atoms with Crippen molar-refractivity contribution in [3.63, 3.8) is 0 Å². The minimum atomic E-state index is -3.04. The largest absolute Gasteiger partial charge is 0.477 e. The van der Waals surface area contributed by atoms with Gasteiger partial charge in [-0.3, -0.25) is 4.79 Å². The lowest BCUT2D eigenvalue weighted by Gasteiger charge is -2.37. The summed E-state index contributed by atoms with van der Waals surface area (Å²) in [5, 5.41) is 2.98. The molecule has 1 spiro atoms. The minimum absolute atomic E-state index is 0.0451. The highest BCUT2D eigenvalue weighted by Crippen LogP contribution is 2.35. The second-order valence-corrected chi connectivity index (χ2v) is 8.51. The molecule has 0 radical (unpaired) electrons. The number of sulfone groups is 1. The van der Waals surface area contributed by atoms with Gasteiger partial charge < -0.3 is 14.8 Å². The number of carbonyl (C=O) groups excluding carboxylic acids is 1. The third-order valence-corrected chi connectivity index (χ3v) is 6.27. The van der Waals surface area contributed by atoms with Gasteiger partial charge in [0, 0.05) is 18.8 Å². The quantitative estimate of drug-likeness (QED) is 0.865. The van der Waals surface area contributed by atoms with Crippen molar-refractivity contribution in [1.29, 1.82) is 0 Å². The van der Waals surface area contributed by atoms with Gasteiger partial charge >= 0.3 is 0 Å². The van der Waals surface area contributed by atoms with Crippen molar-refractivity contribution in [2.45, 2.75) is 37.8 Å². The van der Waals surface area contributed by atoms with Crippen LogP contribution in [0.25, 0.3) is 0 Å². The first-order valence-electron chi connectivity index (χ1n) is 8.16. The molecule has 1 amide bonds. The summed E-state index contributed by atoms with van der Waals surface area (Å²) in [6.45, 7) is 2.71. The summed E-state index contributed by atoms with van der Waals surface area (Å²) in [4.78, 5) is 16.6. The van der Waals surface area contributed by atoms with E-state index in [9.17, 15) is 13.2 Å². The average molecular weight is 354 g/mol. The van der Waals surface area contributed by atoms with Gasteiger partial charge in [-0.25, -0.2) is 13.4 Å². The maximum atomic E-state index is 12.5. The van der Waals surface area contributed by atoms with E-state index in [2.05, 4.69) is 10.3 Å². The van der Waals surface area contributed by atoms with Crippen LogP contribution in [0.15, 0.2) is 18.3 Å². The van der Waals surface area contributed by atoms with Crippen LogP contribution < -0.4 is 10.1 Å². The molecule has 0 saturated carbocycles. The molecule has 8 heteroatoms. The van der Waals surface area contributed by atoms with E-state index in [-0.39, 0.29) is 23.5 Å². The maximum Gasteiger partial charge on any atom is 0.256 e. The van der Waals surface area contributed by atoms with Crippen molar-refractivity contribution in [1.82, 2.24) is 10.3 Å². The van der Waals surface area contributed by atoms with Crippen LogP contribution in [0.1, 0.15) is 36.5 Å². The molecule has 3 heterocycles. The molecule has 0 aliphatic carbocycles. The van der Waals surface area contributed by atoms with Crippen LogP contribution in [0, 0.1) is 0 Å². The van der Waals surface area contributed by atoms with Gasteiger partial charge in [0.05, 0.1) is 23.7 Å². The molecule has 2 atom stereocenters. The minimum Gasteiger partial charge on any atom is -0.477 e. The molecule has 132 valence electrons. The Kier molecular flexibility index (Phi) is 4.78. The first-order chi connectivity index (χ1) is 11.4. The van der Waals surface area contributed by atoms with Crippen molar-refractivity contribution in [2.75, 3.05) is 24.7 Å². The molecule has 2 aliphatic rings. The molecule has 2 fully saturated rings. The SMILES string of the molecule is CCOc1ncccc1C(=O)NC1CCOC2(CCS(=O)(=O)C2)C1. The van der Waals surface area contributed by atoms with Crippen LogP contribution in [0.3, 0.4) is 0 Å². The maximum absolute atomic E-state index is 12.5. The summed E-state index contributed by atoms with van der Waals surface area (Å²) < 4.78 is 34.7. The van der Waals surface area contributed by atoms with E-state index in [1.54, 1.807) is 18.3 Å². The number of hydrogen-bond donors (Lipinski definition) is 1. The predicted octanol–water partition coefficient (Wildman–Crippen LogP) is 0.946. The number of nitrogens with zero attached hydrogens (tertiary/aromatic N) is 1. The van der Waals surface area contributed by atoms with E-state index in [0.29, 0.717) is 43.9 Å². The van der Waals surface area contributed by atoms with Crippen molar-refractivity contribution in [2.24, 2.45) is 0 Å². The molecule has 1 aromatic heterocycles. The first-order valence-corrected chi connectivity index (χ1v) is 9.98. The molecule has 1 aromatic rings. The number of nitrogens with one attached hydrogen (secondary N) is 1. The van der Waals surface area contributed by atoms with E-state index in [1.165, 1.54) is 0 Å². The van der Waals surface area contributed by atoms with Crippen LogP contribution in [-0.4, -0.2) is 55.7 Å². The van der Waals surface area contributed by atoms with Gasteiger partial charge in [0.2, 0.25) is 5.88 Å². The van der Waals surface area contributed by atoms with E-state index in [0.717, 1.165) is 0 Å². The normalized spacial score (nSPS) is 28.6. The van der Waals surface area contributed by atoms with E-state index < -0.39 is 15.4 Å². The first kappa shape index (κ1) is 17.2. The Labute approximate surface area is 141 Å². The number of pyridine rings is 1. The van der Waals surface area contributed by atoms with Gasteiger partial charge in [-0.1, -0.05) is 0 Å². The lowest BCUT2D eigenvalue weighted by atomic mass is 9.90. The number of ether oxygens (including phenoxy) is 2. The Morgan fingerprint density at radius 3 is 3.08 bits per heavy atom. The van der Waals surface area contributed by atoms with Crippen LogP contribution in [-0.2, 0) is 14.6 Å². The number of amides is 1. The molecular formula is C16H22N2O5S. The lowest BCUT2D eigenvalue weighted by Crippen LogP contribution is -2.49. The summed E-state index contributed by atoms with van der Waals surface area (Å²) in [7, 11) is -3.04. The van der Waals surface area contributed by atoms with Crippen molar-refractivity contribution < 1.29 is 22.7 Å². The zero-order chi connectivity index (χ0) is 17.2. The standard InChI is InChI=1S/C16H22N2O5S/c1-2-22-15-13(4-3-7-17-15)14(19)18-12-5-8-23-16(10-12)6-9-24(20,21)11-16/h3-4,7,12H,2,5-6,8-11H2,1H3,(H,18,19). The summed E-state index contributed by atoms with van der Waals surface area (Å²) in [5.74, 6) is 0.256. The summed E-state index contributed by atoms with van der Waals surface area (Å²) in [5.41, 5.74) is -0.258. The molecule has 2 aliphatic heterocycles. The van der Waals surface area contributed by atoms with Crippen molar-refractivity contribution in [3.05, 3.63) is 23.9 Å². The van der Waals surface area contributed by atoms with Gasteiger partial charge in [0.25, 0.3) is 5.91 Å². The molecule has 7 nitrogen and oxygen atoms in total. The third kappa shape index (κ3) is 3.70. The summed E-state index contributed by atoms with van der Waals surface area (Å²) in [6, 6.07) is 3.24. The summed E-state index contributed by atoms with van der Waals surface area (Å²) in [6.07, 6.45) is 3.26. The highest BCUT2D eigenvalue weighted by molar-refractivity contribution is 7.91. The second-order valence-electron chi connectivity index (χ2n) is 6.33. The molecular weight excluding hydrogens is 332 g/mol. The van der Waals surface area contributed by atoms with E-state index >= 15 is 0 Å². The predicted molar refractivity (Wildman–Crippen MR) is 87.8 cm³/mol. The molecule has 2 unspecified atom stereocenters. The van der Waals surface area contributed by atoms with Crippen molar-refractivity contribution in [3.8, 4) is 5.88 Å². The molecule has 1 N–H and O–H groups in total. The van der Waals surface area contributed by atoms with E-state index in [1.807, 2.05) is 6.92 Å². The Morgan fingerprint density at radius 1 is 1.54 bits per heavy atom. The highest BCUT2D eigenvalue weighted by Gasteiger charge is 2.46. The van der Waals surface area contributed by atoms with Crippen molar-refractivity contribution >= 4 is 15.7 Å². The van der Waals surface area contributed by atoms with E-state index in [4.69, 9.17) is 9.47 Å². The topological polar surface area (TPSA) is 94.6 Å². The lowest BCUT2D eigenvalue weighted by molar-refractivity contribution is -0.0690. The molecule has 0 aromatic carbocycles. The summed E-state index contributed by atoms with van der Waals surface area (Å²) >= 11 is 0. The van der Waals surface area contributed by atoms with Gasteiger partial charge in [0.1, 0.15) is 5.56 Å². The van der Waals surface area contributed by atoms with Gasteiger partial charge in [0.15, 0.2) is 9.84 Å². The number of aromatic nitrogens is 1. The van der Waals surface area contributed by atoms with Crippen LogP contribution in [0.4, 0.5) is 0 Å². The third-order valence-electron chi connectivity index (χ3n) is 4.48. The fraction of sp³-hybridized carbons (Fsp3) is 0.625. The smallest absolute Gasteiger partial charge is 0.256 e. The molecule has 2 saturated heterocycles. The Hall–Kier alpha value is -1.67. The fourth-order valence-corrected chi connectivity index (χ4v) is 5.37. The fourth-order valence-electron chi connectivity index (χ4n) is 3.39. The van der Waals surface area contributed by atoms with Gasteiger partial charge in [-0.2, -0.15) is 0 Å². The van der Waals surface area contributed by atoms with Gasteiger partial charge in [-0.15, -0.1) is 0 Å². The monoisotopic (exact) mass is 354 g/mol. The number of rotatable bonds is 4. The number of carbonyl (C=O) groups is 1. The highest BCUT2D eigenvalue weighted by atomic mass is 32.2.